The lowest BCUT2D eigenvalue weighted by molar-refractivity contribution is 0.528. The van der Waals surface area contributed by atoms with E-state index in [-0.39, 0.29) is 0 Å². The third kappa shape index (κ3) is 5.09. The van der Waals surface area contributed by atoms with Crippen molar-refractivity contribution in [2.24, 2.45) is 5.92 Å². The molecule has 0 saturated carbocycles. The van der Waals surface area contributed by atoms with Crippen molar-refractivity contribution < 1.29 is 8.42 Å². The molecule has 1 aromatic carbocycles. The third-order valence-corrected chi connectivity index (χ3v) is 5.37. The standard InChI is InChI=1S/C16H28N2O2S/c1-6-12(3)10-18-21(19,20)16-9-15(11-17-7-2)13(4)8-14(16)5/h8-9,12,17-18H,6-7,10-11H2,1-5H3. The fourth-order valence-corrected chi connectivity index (χ4v) is 3.53. The highest BCUT2D eigenvalue weighted by Crippen LogP contribution is 2.20. The van der Waals surface area contributed by atoms with Crippen molar-refractivity contribution >= 4 is 10.0 Å². The molecule has 0 aromatic heterocycles. The van der Waals surface area contributed by atoms with Gasteiger partial charge < -0.3 is 5.32 Å². The molecular formula is C16H28N2O2S. The summed E-state index contributed by atoms with van der Waals surface area (Å²) in [5.41, 5.74) is 2.95. The molecule has 2 N–H and O–H groups in total. The van der Waals surface area contributed by atoms with Crippen LogP contribution in [0.4, 0.5) is 0 Å². The summed E-state index contributed by atoms with van der Waals surface area (Å²) in [5.74, 6) is 0.340. The Bertz CT molecular complexity index is 568. The number of aryl methyl sites for hydroxylation is 2. The van der Waals surface area contributed by atoms with Gasteiger partial charge in [0, 0.05) is 13.1 Å². The maximum atomic E-state index is 12.5. The second-order valence-corrected chi connectivity index (χ2v) is 7.43. The van der Waals surface area contributed by atoms with Crippen LogP contribution in [0.5, 0.6) is 0 Å². The normalized spacial score (nSPS) is 13.4. The molecule has 4 nitrogen and oxygen atoms in total. The smallest absolute Gasteiger partial charge is 0.240 e. The van der Waals surface area contributed by atoms with Crippen molar-refractivity contribution in [2.45, 2.75) is 52.5 Å². The van der Waals surface area contributed by atoms with Crippen LogP contribution in [0, 0.1) is 19.8 Å². The average molecular weight is 312 g/mol. The zero-order valence-corrected chi connectivity index (χ0v) is 14.6. The molecule has 1 atom stereocenters. The summed E-state index contributed by atoms with van der Waals surface area (Å²) in [7, 11) is -3.44. The maximum absolute atomic E-state index is 12.5. The predicted octanol–water partition coefficient (Wildman–Crippen LogP) is 2.74. The Hall–Kier alpha value is -0.910. The SMILES string of the molecule is CCNCc1cc(S(=O)(=O)NCC(C)CC)c(C)cc1C. The van der Waals surface area contributed by atoms with Crippen molar-refractivity contribution in [3.63, 3.8) is 0 Å². The van der Waals surface area contributed by atoms with Crippen LogP contribution in [-0.4, -0.2) is 21.5 Å². The second kappa shape index (κ2) is 7.92. The number of hydrogen-bond acceptors (Lipinski definition) is 3. The van der Waals surface area contributed by atoms with Crippen molar-refractivity contribution in [2.75, 3.05) is 13.1 Å². The molecule has 0 saturated heterocycles. The summed E-state index contributed by atoms with van der Waals surface area (Å²) in [5, 5.41) is 3.25. The number of hydrogen-bond donors (Lipinski definition) is 2. The minimum Gasteiger partial charge on any atom is -0.313 e. The molecule has 21 heavy (non-hydrogen) atoms. The summed E-state index contributed by atoms with van der Waals surface area (Å²) in [6, 6.07) is 3.75. The molecule has 0 heterocycles. The second-order valence-electron chi connectivity index (χ2n) is 5.69. The predicted molar refractivity (Wildman–Crippen MR) is 87.9 cm³/mol. The van der Waals surface area contributed by atoms with Gasteiger partial charge in [-0.25, -0.2) is 13.1 Å². The highest BCUT2D eigenvalue weighted by atomic mass is 32.2. The first kappa shape index (κ1) is 18.1. The van der Waals surface area contributed by atoms with Gasteiger partial charge in [-0.05, 0) is 49.1 Å². The molecule has 0 amide bonds. The first-order chi connectivity index (χ1) is 9.81. The molecule has 0 bridgehead atoms. The molecule has 0 spiro atoms. The fourth-order valence-electron chi connectivity index (χ4n) is 2.09. The summed E-state index contributed by atoms with van der Waals surface area (Å²) < 4.78 is 27.7. The lowest BCUT2D eigenvalue weighted by atomic mass is 10.1. The quantitative estimate of drug-likeness (QED) is 0.776. The maximum Gasteiger partial charge on any atom is 0.240 e. The Morgan fingerprint density at radius 2 is 1.81 bits per heavy atom. The van der Waals surface area contributed by atoms with Crippen LogP contribution >= 0.6 is 0 Å². The first-order valence-electron chi connectivity index (χ1n) is 7.62. The van der Waals surface area contributed by atoms with Gasteiger partial charge in [0.2, 0.25) is 10.0 Å². The largest absolute Gasteiger partial charge is 0.313 e. The van der Waals surface area contributed by atoms with E-state index in [1.807, 2.05) is 33.8 Å². The molecule has 0 fully saturated rings. The molecule has 0 aliphatic rings. The van der Waals surface area contributed by atoms with E-state index in [1.165, 1.54) is 0 Å². The summed E-state index contributed by atoms with van der Waals surface area (Å²) in [4.78, 5) is 0.393. The van der Waals surface area contributed by atoms with Crippen molar-refractivity contribution in [1.29, 1.82) is 0 Å². The van der Waals surface area contributed by atoms with E-state index in [2.05, 4.69) is 17.0 Å². The van der Waals surface area contributed by atoms with Gasteiger partial charge in [-0.3, -0.25) is 0 Å². The van der Waals surface area contributed by atoms with E-state index in [0.29, 0.717) is 23.9 Å². The Kier molecular flexibility index (Phi) is 6.84. The van der Waals surface area contributed by atoms with Crippen molar-refractivity contribution in [3.05, 3.63) is 28.8 Å². The highest BCUT2D eigenvalue weighted by molar-refractivity contribution is 7.89. The third-order valence-electron chi connectivity index (χ3n) is 3.81. The van der Waals surface area contributed by atoms with Crippen molar-refractivity contribution in [1.82, 2.24) is 10.0 Å². The molecule has 0 aliphatic heterocycles. The fraction of sp³-hybridized carbons (Fsp3) is 0.625. The number of sulfonamides is 1. The van der Waals surface area contributed by atoms with Gasteiger partial charge in [-0.15, -0.1) is 0 Å². The van der Waals surface area contributed by atoms with E-state index in [1.54, 1.807) is 6.07 Å². The van der Waals surface area contributed by atoms with Crippen LogP contribution in [-0.2, 0) is 16.6 Å². The van der Waals surface area contributed by atoms with Gasteiger partial charge in [-0.1, -0.05) is 33.3 Å². The zero-order chi connectivity index (χ0) is 16.0. The van der Waals surface area contributed by atoms with Gasteiger partial charge >= 0.3 is 0 Å². The zero-order valence-electron chi connectivity index (χ0n) is 13.8. The number of benzene rings is 1. The van der Waals surface area contributed by atoms with Gasteiger partial charge in [0.15, 0.2) is 0 Å². The summed E-state index contributed by atoms with van der Waals surface area (Å²) in [6.07, 6.45) is 0.959. The summed E-state index contributed by atoms with van der Waals surface area (Å²) in [6.45, 7) is 12.0. The molecule has 1 aromatic rings. The van der Waals surface area contributed by atoms with Crippen LogP contribution in [0.3, 0.4) is 0 Å². The van der Waals surface area contributed by atoms with E-state index in [0.717, 1.165) is 29.7 Å². The topological polar surface area (TPSA) is 58.2 Å². The lowest BCUT2D eigenvalue weighted by Crippen LogP contribution is -2.29. The number of nitrogens with one attached hydrogen (secondary N) is 2. The van der Waals surface area contributed by atoms with Crippen LogP contribution in [0.2, 0.25) is 0 Å². The van der Waals surface area contributed by atoms with Crippen LogP contribution in [0.25, 0.3) is 0 Å². The number of rotatable bonds is 8. The Balaban J connectivity index is 3.04. The molecule has 1 rings (SSSR count). The Morgan fingerprint density at radius 1 is 1.14 bits per heavy atom. The van der Waals surface area contributed by atoms with Crippen LogP contribution in [0.15, 0.2) is 17.0 Å². The van der Waals surface area contributed by atoms with Gasteiger partial charge in [0.1, 0.15) is 0 Å². The molecule has 1 unspecified atom stereocenters. The van der Waals surface area contributed by atoms with E-state index >= 15 is 0 Å². The Morgan fingerprint density at radius 3 is 2.38 bits per heavy atom. The minimum atomic E-state index is -3.44. The molecule has 5 heteroatoms. The molecule has 120 valence electrons. The highest BCUT2D eigenvalue weighted by Gasteiger charge is 2.18. The van der Waals surface area contributed by atoms with Crippen LogP contribution in [0.1, 0.15) is 43.9 Å². The Labute approximate surface area is 129 Å². The van der Waals surface area contributed by atoms with E-state index in [9.17, 15) is 8.42 Å². The van der Waals surface area contributed by atoms with Crippen LogP contribution < -0.4 is 10.0 Å². The molecule has 0 aliphatic carbocycles. The summed E-state index contributed by atoms with van der Waals surface area (Å²) >= 11 is 0. The van der Waals surface area contributed by atoms with Crippen molar-refractivity contribution in [3.8, 4) is 0 Å². The monoisotopic (exact) mass is 312 g/mol. The molecular weight excluding hydrogens is 284 g/mol. The van der Waals surface area contributed by atoms with E-state index in [4.69, 9.17) is 0 Å². The van der Waals surface area contributed by atoms with E-state index < -0.39 is 10.0 Å². The first-order valence-corrected chi connectivity index (χ1v) is 9.10. The average Bonchev–Trinajstić information content (AvgIpc) is 2.43. The van der Waals surface area contributed by atoms with Gasteiger partial charge in [0.05, 0.1) is 4.90 Å². The lowest BCUT2D eigenvalue weighted by Gasteiger charge is -2.15. The minimum absolute atomic E-state index is 0.340. The van der Waals surface area contributed by atoms with Gasteiger partial charge in [-0.2, -0.15) is 0 Å². The molecule has 0 radical (unpaired) electrons. The van der Waals surface area contributed by atoms with Gasteiger partial charge in [0.25, 0.3) is 0 Å².